The van der Waals surface area contributed by atoms with Gasteiger partial charge in [0.25, 0.3) is 5.56 Å². The summed E-state index contributed by atoms with van der Waals surface area (Å²) < 4.78 is 8.04. The fraction of sp³-hybridized carbons (Fsp3) is 0.433. The molecule has 3 aromatic heterocycles. The van der Waals surface area contributed by atoms with Crippen LogP contribution < -0.4 is 5.56 Å². The summed E-state index contributed by atoms with van der Waals surface area (Å²) >= 11 is 9.51. The average molecular weight is 644 g/mol. The van der Waals surface area contributed by atoms with E-state index < -0.39 is 5.60 Å². The van der Waals surface area contributed by atoms with E-state index >= 15 is 0 Å². The molecule has 0 bridgehead atoms. The van der Waals surface area contributed by atoms with E-state index in [1.807, 2.05) is 59.9 Å². The van der Waals surface area contributed by atoms with E-state index in [4.69, 9.17) is 21.4 Å². The molecular formula is C30H36BrClN6O3. The van der Waals surface area contributed by atoms with Gasteiger partial charge in [0.1, 0.15) is 11.4 Å². The highest BCUT2D eigenvalue weighted by molar-refractivity contribution is 9.10. The Morgan fingerprint density at radius 2 is 2.00 bits per heavy atom. The molecule has 5 rings (SSSR count). The molecule has 0 saturated carbocycles. The first-order chi connectivity index (χ1) is 19.5. The third kappa shape index (κ3) is 7.35. The number of pyridine rings is 1. The number of likely N-dealkylation sites (tertiary alicyclic amines) is 1. The minimum atomic E-state index is -0.523. The highest BCUT2D eigenvalue weighted by atomic mass is 79.9. The van der Waals surface area contributed by atoms with Gasteiger partial charge in [-0.15, -0.1) is 0 Å². The summed E-state index contributed by atoms with van der Waals surface area (Å²) in [6, 6.07) is 7.20. The van der Waals surface area contributed by atoms with Gasteiger partial charge in [-0.05, 0) is 85.8 Å². The average Bonchev–Trinajstić information content (AvgIpc) is 3.32. The second kappa shape index (κ2) is 12.7. The first kappa shape index (κ1) is 30.7. The molecule has 1 saturated heterocycles. The van der Waals surface area contributed by atoms with Gasteiger partial charge in [0.15, 0.2) is 5.82 Å². The number of amides is 1. The van der Waals surface area contributed by atoms with Crippen molar-refractivity contribution in [3.8, 4) is 5.82 Å². The van der Waals surface area contributed by atoms with Crippen molar-refractivity contribution in [2.24, 2.45) is 0 Å². The molecule has 1 aliphatic rings. The van der Waals surface area contributed by atoms with Crippen LogP contribution in [0.2, 0.25) is 5.02 Å². The van der Waals surface area contributed by atoms with Crippen molar-refractivity contribution in [1.82, 2.24) is 29.6 Å². The third-order valence-electron chi connectivity index (χ3n) is 6.61. The normalized spacial score (nSPS) is 15.4. The van der Waals surface area contributed by atoms with Crippen molar-refractivity contribution in [2.75, 3.05) is 13.1 Å². The van der Waals surface area contributed by atoms with E-state index in [1.54, 1.807) is 27.9 Å². The molecule has 41 heavy (non-hydrogen) atoms. The summed E-state index contributed by atoms with van der Waals surface area (Å²) in [5.41, 5.74) is 2.74. The molecule has 9 nitrogen and oxygen atoms in total. The molecule has 1 N–H and O–H groups in total. The zero-order valence-electron chi connectivity index (χ0n) is 24.3. The monoisotopic (exact) mass is 642 g/mol. The van der Waals surface area contributed by atoms with Gasteiger partial charge in [0, 0.05) is 42.3 Å². The molecule has 1 aromatic carbocycles. The first-order valence-corrected chi connectivity index (χ1v) is 15.0. The zero-order valence-corrected chi connectivity index (χ0v) is 26.6. The smallest absolute Gasteiger partial charge is 0.410 e. The number of fused-ring (bicyclic) bond motifs is 1. The lowest BCUT2D eigenvalue weighted by Crippen LogP contribution is -2.42. The molecule has 11 heteroatoms. The summed E-state index contributed by atoms with van der Waals surface area (Å²) in [6.45, 7) is 12.9. The molecule has 4 aromatic rings. The summed E-state index contributed by atoms with van der Waals surface area (Å²) in [4.78, 5) is 39.0. The van der Waals surface area contributed by atoms with Crippen molar-refractivity contribution in [1.29, 1.82) is 0 Å². The van der Waals surface area contributed by atoms with Gasteiger partial charge in [-0.1, -0.05) is 31.5 Å². The molecule has 1 fully saturated rings. The van der Waals surface area contributed by atoms with E-state index in [0.717, 1.165) is 29.7 Å². The Morgan fingerprint density at radius 1 is 1.24 bits per heavy atom. The van der Waals surface area contributed by atoms with Gasteiger partial charge in [-0.3, -0.25) is 4.79 Å². The number of hydrogen-bond acceptors (Lipinski definition) is 6. The number of carbonyl (C=O) groups excluding carboxylic acids is 1. The molecular weight excluding hydrogens is 608 g/mol. The minimum Gasteiger partial charge on any atom is -0.444 e. The van der Waals surface area contributed by atoms with Crippen molar-refractivity contribution < 1.29 is 9.53 Å². The minimum absolute atomic E-state index is 0.137. The molecule has 4 heterocycles. The highest BCUT2D eigenvalue weighted by Crippen LogP contribution is 2.30. The topological polar surface area (TPSA) is 106 Å². The van der Waals surface area contributed by atoms with Crippen molar-refractivity contribution >= 4 is 44.5 Å². The van der Waals surface area contributed by atoms with Crippen molar-refractivity contribution in [3.63, 3.8) is 0 Å². The summed E-state index contributed by atoms with van der Waals surface area (Å²) in [7, 11) is 0. The van der Waals surface area contributed by atoms with E-state index in [2.05, 4.69) is 30.9 Å². The number of ether oxygens (including phenoxy) is 1. The van der Waals surface area contributed by atoms with Crippen LogP contribution >= 0.6 is 27.5 Å². The van der Waals surface area contributed by atoms with Gasteiger partial charge >= 0.3 is 6.09 Å². The second-order valence-corrected chi connectivity index (χ2v) is 12.2. The van der Waals surface area contributed by atoms with Crippen LogP contribution in [-0.2, 0) is 11.2 Å². The fourth-order valence-corrected chi connectivity index (χ4v) is 5.30. The molecule has 0 spiro atoms. The predicted molar refractivity (Wildman–Crippen MR) is 165 cm³/mol. The van der Waals surface area contributed by atoms with Crippen molar-refractivity contribution in [3.05, 3.63) is 79.2 Å². The third-order valence-corrected chi connectivity index (χ3v) is 7.80. The fourth-order valence-electron chi connectivity index (χ4n) is 4.80. The summed E-state index contributed by atoms with van der Waals surface area (Å²) in [5.74, 6) is 1.37. The number of nitrogens with zero attached hydrogens (tertiary/aromatic N) is 5. The number of carbonyl (C=O) groups is 1. The standard InChI is InChI=1S/C28H30BrClN6O3.C2H6/c1-16-14-36(34-25(16)18-6-5-9-35(15-18)27(38)39-28(2,3)4)24-8-7-17(13-31-24)10-23-32-22-12-20(29)21(30)11-19(22)26(37)33-23;1-2/h7-8,11-14,18H,5-6,9-10,15H2,1-4H3,(H,32,33,37);1-2H3. The number of nitrogens with one attached hydrogen (secondary N) is 1. The van der Waals surface area contributed by atoms with Gasteiger partial charge in [-0.2, -0.15) is 5.10 Å². The van der Waals surface area contributed by atoms with Crippen LogP contribution in [0, 0.1) is 6.92 Å². The zero-order chi connectivity index (χ0) is 29.9. The van der Waals surface area contributed by atoms with E-state index in [1.165, 1.54) is 0 Å². The highest BCUT2D eigenvalue weighted by Gasteiger charge is 2.30. The lowest BCUT2D eigenvalue weighted by Gasteiger charge is -2.33. The van der Waals surface area contributed by atoms with Crippen LogP contribution in [0.3, 0.4) is 0 Å². The lowest BCUT2D eigenvalue weighted by atomic mass is 9.93. The Labute approximate surface area is 253 Å². The van der Waals surface area contributed by atoms with E-state index in [9.17, 15) is 9.59 Å². The number of benzene rings is 1. The van der Waals surface area contributed by atoms with E-state index in [0.29, 0.717) is 51.6 Å². The van der Waals surface area contributed by atoms with Crippen LogP contribution in [0.4, 0.5) is 4.79 Å². The van der Waals surface area contributed by atoms with Gasteiger partial charge < -0.3 is 14.6 Å². The Bertz CT molecular complexity index is 1590. The molecule has 1 atom stereocenters. The van der Waals surface area contributed by atoms with Crippen molar-refractivity contribution in [2.45, 2.75) is 72.3 Å². The Morgan fingerprint density at radius 3 is 2.68 bits per heavy atom. The lowest BCUT2D eigenvalue weighted by molar-refractivity contribution is 0.0197. The molecule has 218 valence electrons. The quantitative estimate of drug-likeness (QED) is 0.258. The van der Waals surface area contributed by atoms with E-state index in [-0.39, 0.29) is 17.6 Å². The SMILES string of the molecule is CC.Cc1cn(-c2ccc(Cc3nc4cc(Br)c(Cl)cc4c(=O)[nH]3)cn2)nc1C1CCCN(C(=O)OC(C)(C)C)C1. The number of halogens is 2. The number of aromatic amines is 1. The second-order valence-electron chi connectivity index (χ2n) is 10.9. The summed E-state index contributed by atoms with van der Waals surface area (Å²) in [6.07, 6.45) is 5.74. The number of hydrogen-bond donors (Lipinski definition) is 1. The van der Waals surface area contributed by atoms with Crippen LogP contribution in [0.15, 0.2) is 45.9 Å². The van der Waals surface area contributed by atoms with Crippen LogP contribution in [-0.4, -0.2) is 54.4 Å². The molecule has 1 amide bonds. The number of H-pyrrole nitrogens is 1. The maximum atomic E-state index is 12.6. The summed E-state index contributed by atoms with van der Waals surface area (Å²) in [5, 5.41) is 5.75. The molecule has 0 aliphatic carbocycles. The molecule has 1 aliphatic heterocycles. The van der Waals surface area contributed by atoms with Gasteiger partial charge in [0.05, 0.1) is 21.6 Å². The largest absolute Gasteiger partial charge is 0.444 e. The Kier molecular flexibility index (Phi) is 9.54. The van der Waals surface area contributed by atoms with Gasteiger partial charge in [0.2, 0.25) is 0 Å². The maximum absolute atomic E-state index is 12.6. The Balaban J connectivity index is 0.00000189. The number of piperidine rings is 1. The Hall–Kier alpha value is -3.24. The number of aromatic nitrogens is 5. The van der Waals surface area contributed by atoms with Gasteiger partial charge in [-0.25, -0.2) is 19.4 Å². The number of aryl methyl sites for hydroxylation is 1. The molecule has 0 radical (unpaired) electrons. The van der Waals surface area contributed by atoms with Crippen LogP contribution in [0.5, 0.6) is 0 Å². The maximum Gasteiger partial charge on any atom is 0.410 e. The van der Waals surface area contributed by atoms with Crippen LogP contribution in [0.1, 0.15) is 76.0 Å². The number of rotatable bonds is 4. The van der Waals surface area contributed by atoms with Crippen LogP contribution in [0.25, 0.3) is 16.7 Å². The predicted octanol–water partition coefficient (Wildman–Crippen LogP) is 6.96. The first-order valence-electron chi connectivity index (χ1n) is 13.8. The molecule has 1 unspecified atom stereocenters.